The van der Waals surface area contributed by atoms with Crippen molar-refractivity contribution < 1.29 is 9.90 Å². The van der Waals surface area contributed by atoms with Crippen molar-refractivity contribution in [1.29, 1.82) is 0 Å². The van der Waals surface area contributed by atoms with Gasteiger partial charge in [-0.2, -0.15) is 0 Å². The van der Waals surface area contributed by atoms with E-state index in [-0.39, 0.29) is 16.8 Å². The molecule has 0 aliphatic carbocycles. The van der Waals surface area contributed by atoms with Crippen LogP contribution >= 0.6 is 0 Å². The van der Waals surface area contributed by atoms with Crippen LogP contribution in [0.4, 0.5) is 5.82 Å². The smallest absolute Gasteiger partial charge is 0.326 e. The first-order valence-electron chi connectivity index (χ1n) is 7.43. The van der Waals surface area contributed by atoms with Gasteiger partial charge in [0.15, 0.2) is 5.82 Å². The van der Waals surface area contributed by atoms with E-state index in [1.165, 1.54) is 0 Å². The van der Waals surface area contributed by atoms with Gasteiger partial charge in [0.05, 0.1) is 0 Å². The Morgan fingerprint density at radius 1 is 1.52 bits per heavy atom. The first-order chi connectivity index (χ1) is 9.88. The van der Waals surface area contributed by atoms with Gasteiger partial charge in [-0.05, 0) is 24.7 Å². The third-order valence-corrected chi connectivity index (χ3v) is 4.14. The molecule has 0 saturated carbocycles. The first-order valence-corrected chi connectivity index (χ1v) is 7.43. The van der Waals surface area contributed by atoms with Crippen molar-refractivity contribution in [3.63, 3.8) is 0 Å². The van der Waals surface area contributed by atoms with Crippen LogP contribution in [-0.2, 0) is 11.3 Å². The Labute approximate surface area is 124 Å². The van der Waals surface area contributed by atoms with Gasteiger partial charge in [0.1, 0.15) is 6.04 Å². The highest BCUT2D eigenvalue weighted by Gasteiger charge is 2.43. The van der Waals surface area contributed by atoms with E-state index in [2.05, 4.69) is 4.98 Å². The minimum absolute atomic E-state index is 0.205. The van der Waals surface area contributed by atoms with Crippen molar-refractivity contribution in [3.8, 4) is 0 Å². The molecule has 1 aromatic heterocycles. The number of carboxylic acids is 1. The van der Waals surface area contributed by atoms with E-state index in [0.29, 0.717) is 13.1 Å². The molecule has 0 bridgehead atoms. The van der Waals surface area contributed by atoms with Crippen molar-refractivity contribution in [3.05, 3.63) is 22.7 Å². The Hall–Kier alpha value is -1.85. The second-order valence-corrected chi connectivity index (χ2v) is 6.28. The Morgan fingerprint density at radius 2 is 2.24 bits per heavy atom. The molecule has 0 radical (unpaired) electrons. The van der Waals surface area contributed by atoms with Crippen LogP contribution in [0.2, 0.25) is 0 Å². The van der Waals surface area contributed by atoms with Gasteiger partial charge < -0.3 is 14.6 Å². The number of hydrogen-bond donors (Lipinski definition) is 1. The van der Waals surface area contributed by atoms with Gasteiger partial charge in [0.25, 0.3) is 5.56 Å². The van der Waals surface area contributed by atoms with E-state index in [1.54, 1.807) is 21.9 Å². The van der Waals surface area contributed by atoms with Crippen molar-refractivity contribution in [2.45, 2.75) is 52.6 Å². The maximum atomic E-state index is 12.5. The average Bonchev–Trinajstić information content (AvgIpc) is 2.39. The Morgan fingerprint density at radius 3 is 2.86 bits per heavy atom. The highest BCUT2D eigenvalue weighted by atomic mass is 16.4. The van der Waals surface area contributed by atoms with Gasteiger partial charge in [0.2, 0.25) is 0 Å². The topological polar surface area (TPSA) is 75.4 Å². The lowest BCUT2D eigenvalue weighted by molar-refractivity contribution is -0.142. The molecule has 1 aliphatic heterocycles. The van der Waals surface area contributed by atoms with Gasteiger partial charge >= 0.3 is 5.97 Å². The molecule has 0 aromatic carbocycles. The van der Waals surface area contributed by atoms with Gasteiger partial charge in [-0.15, -0.1) is 0 Å². The minimum atomic E-state index is -0.896. The maximum Gasteiger partial charge on any atom is 0.326 e. The molecule has 1 fully saturated rings. The molecular weight excluding hydrogens is 270 g/mol. The summed E-state index contributed by atoms with van der Waals surface area (Å²) in [4.78, 5) is 30.0. The van der Waals surface area contributed by atoms with Crippen molar-refractivity contribution in [1.82, 2.24) is 9.55 Å². The third-order valence-electron chi connectivity index (χ3n) is 4.14. The summed E-state index contributed by atoms with van der Waals surface area (Å²) in [5, 5.41) is 9.59. The molecule has 1 aromatic rings. The molecule has 6 heteroatoms. The molecular formula is C15H23N3O3. The number of hydrogen-bond acceptors (Lipinski definition) is 4. The number of nitrogens with zero attached hydrogens (tertiary/aromatic N) is 3. The molecule has 1 aliphatic rings. The molecule has 0 spiro atoms. The van der Waals surface area contributed by atoms with Gasteiger partial charge in [-0.3, -0.25) is 4.79 Å². The maximum absolute atomic E-state index is 12.5. The van der Waals surface area contributed by atoms with Crippen LogP contribution in [0, 0.1) is 5.41 Å². The zero-order valence-electron chi connectivity index (χ0n) is 12.9. The van der Waals surface area contributed by atoms with Gasteiger partial charge in [0, 0.05) is 25.5 Å². The summed E-state index contributed by atoms with van der Waals surface area (Å²) in [5.74, 6) is -0.641. The molecule has 1 N–H and O–H groups in total. The molecule has 0 amide bonds. The average molecular weight is 293 g/mol. The van der Waals surface area contributed by atoms with E-state index >= 15 is 0 Å². The first kappa shape index (κ1) is 15.5. The number of carboxylic acid groups (broad SMARTS) is 1. The molecule has 1 atom stereocenters. The summed E-state index contributed by atoms with van der Waals surface area (Å²) >= 11 is 0. The number of rotatable bonds is 4. The van der Waals surface area contributed by atoms with E-state index in [1.807, 2.05) is 20.8 Å². The number of aromatic nitrogens is 2. The fraction of sp³-hybridized carbons (Fsp3) is 0.667. The lowest BCUT2D eigenvalue weighted by atomic mass is 9.76. The number of aliphatic carboxylic acids is 1. The van der Waals surface area contributed by atoms with E-state index in [9.17, 15) is 14.7 Å². The summed E-state index contributed by atoms with van der Waals surface area (Å²) in [6.45, 7) is 7.04. The second-order valence-electron chi connectivity index (χ2n) is 6.28. The van der Waals surface area contributed by atoms with Crippen molar-refractivity contribution >= 4 is 11.8 Å². The number of anilines is 1. The zero-order chi connectivity index (χ0) is 15.6. The Balaban J connectivity index is 2.46. The van der Waals surface area contributed by atoms with Crippen LogP contribution < -0.4 is 10.5 Å². The van der Waals surface area contributed by atoms with E-state index in [0.717, 1.165) is 19.3 Å². The molecule has 116 valence electrons. The fourth-order valence-corrected chi connectivity index (χ4v) is 3.14. The minimum Gasteiger partial charge on any atom is -0.480 e. The number of aryl methyl sites for hydroxylation is 1. The quantitative estimate of drug-likeness (QED) is 0.915. The van der Waals surface area contributed by atoms with Crippen LogP contribution in [0.1, 0.15) is 40.0 Å². The normalized spacial score (nSPS) is 21.3. The van der Waals surface area contributed by atoms with E-state index in [4.69, 9.17) is 0 Å². The summed E-state index contributed by atoms with van der Waals surface area (Å²) in [6, 6.07) is -0.719. The van der Waals surface area contributed by atoms with Crippen LogP contribution in [0.25, 0.3) is 0 Å². The highest BCUT2D eigenvalue weighted by Crippen LogP contribution is 2.36. The molecule has 21 heavy (non-hydrogen) atoms. The predicted octanol–water partition coefficient (Wildman–Crippen LogP) is 1.73. The van der Waals surface area contributed by atoms with Crippen molar-refractivity contribution in [2.24, 2.45) is 5.41 Å². The lowest BCUT2D eigenvalue weighted by Gasteiger charge is -2.44. The third kappa shape index (κ3) is 2.94. The second kappa shape index (κ2) is 5.87. The van der Waals surface area contributed by atoms with Gasteiger partial charge in [-0.25, -0.2) is 9.78 Å². The monoisotopic (exact) mass is 293 g/mol. The lowest BCUT2D eigenvalue weighted by Crippen LogP contribution is -2.56. The SMILES string of the molecule is CCCn1ccnc(N2CCCC(C)(C)C2C(=O)O)c1=O. The number of piperidine rings is 1. The zero-order valence-corrected chi connectivity index (χ0v) is 12.9. The molecule has 6 nitrogen and oxygen atoms in total. The predicted molar refractivity (Wildman–Crippen MR) is 80.6 cm³/mol. The number of carbonyl (C=O) groups is 1. The van der Waals surface area contributed by atoms with Crippen LogP contribution in [0.5, 0.6) is 0 Å². The van der Waals surface area contributed by atoms with Crippen LogP contribution in [0.3, 0.4) is 0 Å². The summed E-state index contributed by atoms with van der Waals surface area (Å²) in [7, 11) is 0. The van der Waals surface area contributed by atoms with Crippen molar-refractivity contribution in [2.75, 3.05) is 11.4 Å². The van der Waals surface area contributed by atoms with Crippen LogP contribution in [-0.4, -0.2) is 33.2 Å². The van der Waals surface area contributed by atoms with E-state index < -0.39 is 12.0 Å². The molecule has 1 saturated heterocycles. The standard InChI is InChI=1S/C15H23N3O3/c1-4-8-17-10-7-16-12(13(17)19)18-9-5-6-15(2,3)11(18)14(20)21/h7,10-11H,4-6,8-9H2,1-3H3,(H,20,21). The Bertz CT molecular complexity index is 580. The molecule has 2 rings (SSSR count). The largest absolute Gasteiger partial charge is 0.480 e. The van der Waals surface area contributed by atoms with Gasteiger partial charge in [-0.1, -0.05) is 20.8 Å². The fourth-order valence-electron chi connectivity index (χ4n) is 3.14. The summed E-state index contributed by atoms with van der Waals surface area (Å²) in [6.07, 6.45) is 5.77. The highest BCUT2D eigenvalue weighted by molar-refractivity contribution is 5.79. The summed E-state index contributed by atoms with van der Waals surface area (Å²) in [5.41, 5.74) is -0.591. The summed E-state index contributed by atoms with van der Waals surface area (Å²) < 4.78 is 1.60. The van der Waals surface area contributed by atoms with Crippen LogP contribution in [0.15, 0.2) is 17.2 Å². The molecule has 2 heterocycles. The Kier molecular flexibility index (Phi) is 4.34. The molecule has 1 unspecified atom stereocenters.